The summed E-state index contributed by atoms with van der Waals surface area (Å²) in [5, 5.41) is 7.93. The lowest BCUT2D eigenvalue weighted by atomic mass is 10.1. The molecule has 10 heteroatoms. The summed E-state index contributed by atoms with van der Waals surface area (Å²) >= 11 is 12.3. The molecule has 3 heterocycles. The first-order valence-corrected chi connectivity index (χ1v) is 10.9. The van der Waals surface area contributed by atoms with Crippen LogP contribution in [0.25, 0.3) is 5.65 Å². The van der Waals surface area contributed by atoms with Crippen molar-refractivity contribution in [1.82, 2.24) is 19.5 Å². The molecule has 0 unspecified atom stereocenters. The van der Waals surface area contributed by atoms with Gasteiger partial charge in [-0.25, -0.2) is 0 Å². The van der Waals surface area contributed by atoms with Crippen LogP contribution in [0.15, 0.2) is 36.4 Å². The van der Waals surface area contributed by atoms with Gasteiger partial charge in [0.05, 0.1) is 15.6 Å². The first kappa shape index (κ1) is 20.1. The highest BCUT2D eigenvalue weighted by Crippen LogP contribution is 2.30. The number of nitrogens with zero attached hydrogens (tertiary/aromatic N) is 5. The summed E-state index contributed by atoms with van der Waals surface area (Å²) in [4.78, 5) is 33.3. The fourth-order valence-electron chi connectivity index (χ4n) is 3.72. The molecule has 5 rings (SSSR count). The lowest BCUT2D eigenvalue weighted by molar-refractivity contribution is -0.117. The van der Waals surface area contributed by atoms with E-state index in [-0.39, 0.29) is 22.8 Å². The molecule has 160 valence electrons. The minimum Gasteiger partial charge on any atom is -0.353 e. The Balaban J connectivity index is 1.31. The summed E-state index contributed by atoms with van der Waals surface area (Å²) in [5.74, 6) is 1.11. The molecule has 0 spiro atoms. The summed E-state index contributed by atoms with van der Waals surface area (Å²) in [6.07, 6.45) is 1.85. The Morgan fingerprint density at radius 2 is 1.74 bits per heavy atom. The van der Waals surface area contributed by atoms with Crippen LogP contribution >= 0.6 is 23.2 Å². The minimum absolute atomic E-state index is 0.0238. The number of carbonyl (C=O) groups is 2. The molecule has 1 N–H and O–H groups in total. The molecule has 31 heavy (non-hydrogen) atoms. The van der Waals surface area contributed by atoms with Crippen LogP contribution in [0.2, 0.25) is 10.0 Å². The average molecular weight is 459 g/mol. The van der Waals surface area contributed by atoms with Crippen LogP contribution < -0.4 is 10.2 Å². The fourth-order valence-corrected chi connectivity index (χ4v) is 4.10. The van der Waals surface area contributed by atoms with Gasteiger partial charge in [-0.3, -0.25) is 14.9 Å². The molecule has 1 aliphatic heterocycles. The van der Waals surface area contributed by atoms with E-state index in [1.807, 2.05) is 18.2 Å². The number of aromatic nitrogens is 3. The zero-order chi connectivity index (χ0) is 21.5. The number of anilines is 2. The number of carbonyl (C=O) groups excluding carboxylic acids is 2. The van der Waals surface area contributed by atoms with Crippen LogP contribution in [0.5, 0.6) is 0 Å². The number of hydrogen-bond acceptors (Lipinski definition) is 5. The summed E-state index contributed by atoms with van der Waals surface area (Å²) in [7, 11) is 0. The molecule has 1 aromatic carbocycles. The van der Waals surface area contributed by atoms with Crippen molar-refractivity contribution in [2.45, 2.75) is 12.8 Å². The third-order valence-corrected chi connectivity index (χ3v) is 6.41. The molecule has 3 aromatic rings. The summed E-state index contributed by atoms with van der Waals surface area (Å²) in [6, 6.07) is 10.8. The number of fused-ring (bicyclic) bond motifs is 1. The second-order valence-electron chi connectivity index (χ2n) is 7.73. The Bertz CT molecular complexity index is 1170. The standard InChI is InChI=1S/C21H20Cl2N6O2/c22-15-4-1-3-14(18(15)23)20(31)28-11-9-27(10-12-28)17-6-2-5-16-24-21(26-29(16)17)25-19(30)13-7-8-13/h1-6,13H,7-12H2,(H,25,26,30). The number of nitrogens with one attached hydrogen (secondary N) is 1. The minimum atomic E-state index is -0.129. The number of hydrogen-bond donors (Lipinski definition) is 1. The molecule has 2 aromatic heterocycles. The van der Waals surface area contributed by atoms with Gasteiger partial charge >= 0.3 is 0 Å². The maximum atomic E-state index is 12.9. The monoisotopic (exact) mass is 458 g/mol. The van der Waals surface area contributed by atoms with Gasteiger partial charge in [0.25, 0.3) is 5.91 Å². The second-order valence-corrected chi connectivity index (χ2v) is 8.52. The first-order valence-electron chi connectivity index (χ1n) is 10.2. The van der Waals surface area contributed by atoms with Crippen LogP contribution in [0, 0.1) is 5.92 Å². The van der Waals surface area contributed by atoms with Crippen LogP contribution in [0.3, 0.4) is 0 Å². The fraction of sp³-hybridized carbons (Fsp3) is 0.333. The van der Waals surface area contributed by atoms with Crippen molar-refractivity contribution in [3.05, 3.63) is 52.0 Å². The van der Waals surface area contributed by atoms with Crippen molar-refractivity contribution in [3.8, 4) is 0 Å². The van der Waals surface area contributed by atoms with Crippen molar-refractivity contribution in [3.63, 3.8) is 0 Å². The van der Waals surface area contributed by atoms with Gasteiger partial charge in [-0.1, -0.05) is 35.3 Å². The number of amides is 2. The van der Waals surface area contributed by atoms with Gasteiger partial charge in [-0.15, -0.1) is 5.10 Å². The van der Waals surface area contributed by atoms with E-state index in [0.717, 1.165) is 18.7 Å². The lowest BCUT2D eigenvalue weighted by Crippen LogP contribution is -2.49. The molecule has 2 aliphatic rings. The van der Waals surface area contributed by atoms with Gasteiger partial charge in [-0.2, -0.15) is 9.50 Å². The molecular formula is C21H20Cl2N6O2. The molecule has 2 fully saturated rings. The average Bonchev–Trinajstić information content (AvgIpc) is 3.55. The molecule has 2 amide bonds. The summed E-state index contributed by atoms with van der Waals surface area (Å²) in [6.45, 7) is 2.34. The van der Waals surface area contributed by atoms with Crippen LogP contribution in [0.1, 0.15) is 23.2 Å². The number of pyridine rings is 1. The predicted molar refractivity (Wildman–Crippen MR) is 119 cm³/mol. The predicted octanol–water partition coefficient (Wildman–Crippen LogP) is 3.35. The second kappa shape index (κ2) is 8.01. The highest BCUT2D eigenvalue weighted by Gasteiger charge is 2.30. The van der Waals surface area contributed by atoms with E-state index >= 15 is 0 Å². The zero-order valence-electron chi connectivity index (χ0n) is 16.6. The quantitative estimate of drug-likeness (QED) is 0.647. The van der Waals surface area contributed by atoms with E-state index in [1.54, 1.807) is 27.6 Å². The van der Waals surface area contributed by atoms with Gasteiger partial charge in [0, 0.05) is 32.1 Å². The van der Waals surface area contributed by atoms with Gasteiger partial charge in [-0.05, 0) is 37.1 Å². The van der Waals surface area contributed by atoms with Crippen LogP contribution in [-0.2, 0) is 4.79 Å². The third-order valence-electron chi connectivity index (χ3n) is 5.60. The van der Waals surface area contributed by atoms with E-state index in [4.69, 9.17) is 23.2 Å². The van der Waals surface area contributed by atoms with E-state index in [1.165, 1.54) is 0 Å². The van der Waals surface area contributed by atoms with Crippen molar-refractivity contribution in [1.29, 1.82) is 0 Å². The van der Waals surface area contributed by atoms with Gasteiger partial charge in [0.2, 0.25) is 11.9 Å². The Kier molecular flexibility index (Phi) is 5.19. The van der Waals surface area contributed by atoms with Gasteiger partial charge in [0.1, 0.15) is 5.82 Å². The van der Waals surface area contributed by atoms with E-state index < -0.39 is 0 Å². The van der Waals surface area contributed by atoms with E-state index in [2.05, 4.69) is 20.3 Å². The van der Waals surface area contributed by atoms with E-state index in [0.29, 0.717) is 48.4 Å². The normalized spacial score (nSPS) is 16.6. The maximum Gasteiger partial charge on any atom is 0.255 e. The van der Waals surface area contributed by atoms with Crippen molar-refractivity contribution < 1.29 is 9.59 Å². The number of benzene rings is 1. The highest BCUT2D eigenvalue weighted by atomic mass is 35.5. The summed E-state index contributed by atoms with van der Waals surface area (Å²) in [5.41, 5.74) is 1.07. The Morgan fingerprint density at radius 3 is 2.48 bits per heavy atom. The molecule has 1 saturated carbocycles. The molecule has 8 nitrogen and oxygen atoms in total. The smallest absolute Gasteiger partial charge is 0.255 e. The molecule has 1 saturated heterocycles. The highest BCUT2D eigenvalue weighted by molar-refractivity contribution is 6.43. The van der Waals surface area contributed by atoms with E-state index in [9.17, 15) is 9.59 Å². The molecule has 0 radical (unpaired) electrons. The number of rotatable bonds is 4. The zero-order valence-corrected chi connectivity index (χ0v) is 18.1. The topological polar surface area (TPSA) is 82.8 Å². The SMILES string of the molecule is O=C(Nc1nc2cccc(N3CCN(C(=O)c4cccc(Cl)c4Cl)CC3)n2n1)C1CC1. The van der Waals surface area contributed by atoms with Crippen molar-refractivity contribution in [2.75, 3.05) is 36.4 Å². The molecule has 1 aliphatic carbocycles. The van der Waals surface area contributed by atoms with Crippen molar-refractivity contribution in [2.24, 2.45) is 5.92 Å². The van der Waals surface area contributed by atoms with Crippen LogP contribution in [0.4, 0.5) is 11.8 Å². The third kappa shape index (κ3) is 3.93. The molecular weight excluding hydrogens is 439 g/mol. The van der Waals surface area contributed by atoms with Crippen molar-refractivity contribution >= 4 is 52.4 Å². The Labute approximate surface area is 188 Å². The van der Waals surface area contributed by atoms with Gasteiger partial charge in [0.15, 0.2) is 5.65 Å². The molecule has 0 bridgehead atoms. The largest absolute Gasteiger partial charge is 0.353 e. The molecule has 0 atom stereocenters. The summed E-state index contributed by atoms with van der Waals surface area (Å²) < 4.78 is 1.73. The Hall–Kier alpha value is -2.84. The maximum absolute atomic E-state index is 12.9. The van der Waals surface area contributed by atoms with Crippen LogP contribution in [-0.4, -0.2) is 57.5 Å². The Morgan fingerprint density at radius 1 is 1.00 bits per heavy atom. The first-order chi connectivity index (χ1) is 15.0. The number of piperazine rings is 1. The lowest BCUT2D eigenvalue weighted by Gasteiger charge is -2.36. The van der Waals surface area contributed by atoms with Gasteiger partial charge < -0.3 is 9.80 Å². The number of halogens is 2.